The zero-order valence-corrected chi connectivity index (χ0v) is 12.4. The van der Waals surface area contributed by atoms with Crippen LogP contribution in [0, 0.1) is 0 Å². The molecule has 0 aliphatic carbocycles. The molecule has 0 fully saturated rings. The van der Waals surface area contributed by atoms with Crippen LogP contribution in [0.15, 0.2) is 36.9 Å². The molecule has 6 heteroatoms. The van der Waals surface area contributed by atoms with Gasteiger partial charge in [-0.15, -0.1) is 6.58 Å². The van der Waals surface area contributed by atoms with Crippen molar-refractivity contribution in [2.75, 3.05) is 39.2 Å². The lowest BCUT2D eigenvalue weighted by Crippen LogP contribution is -2.33. The Morgan fingerprint density at radius 1 is 1.33 bits per heavy atom. The molecule has 0 bridgehead atoms. The zero-order valence-electron chi connectivity index (χ0n) is 12.4. The highest BCUT2D eigenvalue weighted by atomic mass is 16.5. The third-order valence-electron chi connectivity index (χ3n) is 2.78. The SMILES string of the molecule is C=CCNC(=O)c1ccc(NC(=O)N(C)CCOC)cc1. The van der Waals surface area contributed by atoms with E-state index in [0.717, 1.165) is 0 Å². The van der Waals surface area contributed by atoms with Crippen LogP contribution in [-0.2, 0) is 4.74 Å². The Hall–Kier alpha value is -2.34. The van der Waals surface area contributed by atoms with E-state index >= 15 is 0 Å². The molecule has 0 heterocycles. The van der Waals surface area contributed by atoms with Gasteiger partial charge in [0.1, 0.15) is 0 Å². The fraction of sp³-hybridized carbons (Fsp3) is 0.333. The average Bonchev–Trinajstić information content (AvgIpc) is 2.50. The van der Waals surface area contributed by atoms with E-state index in [2.05, 4.69) is 17.2 Å². The lowest BCUT2D eigenvalue weighted by Gasteiger charge is -2.17. The summed E-state index contributed by atoms with van der Waals surface area (Å²) in [5, 5.41) is 5.43. The van der Waals surface area contributed by atoms with Gasteiger partial charge in [0.15, 0.2) is 0 Å². The molecule has 1 aromatic rings. The number of urea groups is 1. The van der Waals surface area contributed by atoms with E-state index in [1.807, 2.05) is 0 Å². The number of ether oxygens (including phenoxy) is 1. The van der Waals surface area contributed by atoms with Gasteiger partial charge < -0.3 is 20.3 Å². The van der Waals surface area contributed by atoms with E-state index in [9.17, 15) is 9.59 Å². The molecule has 2 N–H and O–H groups in total. The molecule has 0 unspecified atom stereocenters. The Kier molecular flexibility index (Phi) is 6.97. The van der Waals surface area contributed by atoms with Gasteiger partial charge in [0, 0.05) is 38.5 Å². The molecular weight excluding hydrogens is 270 g/mol. The number of nitrogens with one attached hydrogen (secondary N) is 2. The summed E-state index contributed by atoms with van der Waals surface area (Å²) in [5.41, 5.74) is 1.16. The number of methoxy groups -OCH3 is 1. The van der Waals surface area contributed by atoms with Crippen LogP contribution >= 0.6 is 0 Å². The fourth-order valence-corrected chi connectivity index (χ4v) is 1.52. The summed E-state index contributed by atoms with van der Waals surface area (Å²) in [6.07, 6.45) is 1.61. The second kappa shape index (κ2) is 8.76. The molecule has 0 saturated heterocycles. The van der Waals surface area contributed by atoms with E-state index in [4.69, 9.17) is 4.74 Å². The van der Waals surface area contributed by atoms with Gasteiger partial charge in [-0.25, -0.2) is 4.79 Å². The smallest absolute Gasteiger partial charge is 0.321 e. The van der Waals surface area contributed by atoms with E-state index in [1.54, 1.807) is 44.5 Å². The van der Waals surface area contributed by atoms with E-state index < -0.39 is 0 Å². The minimum Gasteiger partial charge on any atom is -0.383 e. The van der Waals surface area contributed by atoms with Gasteiger partial charge in [0.2, 0.25) is 0 Å². The van der Waals surface area contributed by atoms with Crippen LogP contribution in [0.25, 0.3) is 0 Å². The summed E-state index contributed by atoms with van der Waals surface area (Å²) >= 11 is 0. The number of carbonyl (C=O) groups is 2. The van der Waals surface area contributed by atoms with Gasteiger partial charge in [-0.05, 0) is 24.3 Å². The highest BCUT2D eigenvalue weighted by Gasteiger charge is 2.09. The molecule has 0 radical (unpaired) electrons. The predicted molar refractivity (Wildman–Crippen MR) is 82.5 cm³/mol. The molecule has 1 aromatic carbocycles. The Morgan fingerprint density at radius 2 is 2.00 bits per heavy atom. The van der Waals surface area contributed by atoms with Crippen molar-refractivity contribution in [1.29, 1.82) is 0 Å². The van der Waals surface area contributed by atoms with E-state index in [1.165, 1.54) is 4.90 Å². The van der Waals surface area contributed by atoms with Crippen molar-refractivity contribution in [3.63, 3.8) is 0 Å². The lowest BCUT2D eigenvalue weighted by atomic mass is 10.2. The Balaban J connectivity index is 2.56. The molecule has 0 aliphatic rings. The Labute approximate surface area is 124 Å². The van der Waals surface area contributed by atoms with Gasteiger partial charge in [0.25, 0.3) is 5.91 Å². The fourth-order valence-electron chi connectivity index (χ4n) is 1.52. The first-order valence-corrected chi connectivity index (χ1v) is 6.58. The lowest BCUT2D eigenvalue weighted by molar-refractivity contribution is 0.0958. The first-order valence-electron chi connectivity index (χ1n) is 6.58. The number of hydrogen-bond acceptors (Lipinski definition) is 3. The van der Waals surface area contributed by atoms with Crippen molar-refractivity contribution < 1.29 is 14.3 Å². The molecule has 3 amide bonds. The van der Waals surface area contributed by atoms with Crippen LogP contribution in [0.1, 0.15) is 10.4 Å². The van der Waals surface area contributed by atoms with E-state index in [-0.39, 0.29) is 11.9 Å². The third-order valence-corrected chi connectivity index (χ3v) is 2.78. The molecule has 6 nitrogen and oxygen atoms in total. The minimum absolute atomic E-state index is 0.176. The third kappa shape index (κ3) is 5.66. The summed E-state index contributed by atoms with van der Waals surface area (Å²) in [4.78, 5) is 25.1. The first-order chi connectivity index (χ1) is 10.1. The maximum absolute atomic E-state index is 11.8. The molecule has 114 valence electrons. The maximum Gasteiger partial charge on any atom is 0.321 e. The summed E-state index contributed by atoms with van der Waals surface area (Å²) in [7, 11) is 3.27. The standard InChI is InChI=1S/C15H21N3O3/c1-4-9-16-14(19)12-5-7-13(8-6-12)17-15(20)18(2)10-11-21-3/h4-8H,1,9-11H2,2-3H3,(H,16,19)(H,17,20). The summed E-state index contributed by atoms with van der Waals surface area (Å²) in [6.45, 7) is 4.94. The Bertz CT molecular complexity index is 485. The molecule has 0 saturated carbocycles. The number of anilines is 1. The summed E-state index contributed by atoms with van der Waals surface area (Å²) in [5.74, 6) is -0.176. The van der Waals surface area contributed by atoms with Crippen LogP contribution in [0.4, 0.5) is 10.5 Å². The van der Waals surface area contributed by atoms with Gasteiger partial charge in [-0.3, -0.25) is 4.79 Å². The van der Waals surface area contributed by atoms with Crippen molar-refractivity contribution in [2.24, 2.45) is 0 Å². The summed E-state index contributed by atoms with van der Waals surface area (Å²) < 4.78 is 4.91. The molecule has 1 rings (SSSR count). The van der Waals surface area contributed by atoms with Crippen LogP contribution < -0.4 is 10.6 Å². The Morgan fingerprint density at radius 3 is 2.57 bits per heavy atom. The molecule has 0 atom stereocenters. The molecular formula is C15H21N3O3. The number of carbonyl (C=O) groups excluding carboxylic acids is 2. The van der Waals surface area contributed by atoms with Crippen LogP contribution in [0.3, 0.4) is 0 Å². The summed E-state index contributed by atoms with van der Waals surface area (Å²) in [6, 6.07) is 6.46. The number of nitrogens with zero attached hydrogens (tertiary/aromatic N) is 1. The van der Waals surface area contributed by atoms with Crippen LogP contribution in [0.2, 0.25) is 0 Å². The largest absolute Gasteiger partial charge is 0.383 e. The minimum atomic E-state index is -0.226. The normalized spacial score (nSPS) is 9.81. The number of hydrogen-bond donors (Lipinski definition) is 2. The van der Waals surface area contributed by atoms with Gasteiger partial charge in [-0.2, -0.15) is 0 Å². The van der Waals surface area contributed by atoms with Crippen molar-refractivity contribution in [3.05, 3.63) is 42.5 Å². The number of likely N-dealkylation sites (N-methyl/N-ethyl adjacent to an activating group) is 1. The average molecular weight is 291 g/mol. The van der Waals surface area contributed by atoms with Crippen molar-refractivity contribution >= 4 is 17.6 Å². The van der Waals surface area contributed by atoms with Crippen molar-refractivity contribution in [3.8, 4) is 0 Å². The highest BCUT2D eigenvalue weighted by molar-refractivity contribution is 5.95. The van der Waals surface area contributed by atoms with E-state index in [0.29, 0.717) is 30.9 Å². The number of amides is 3. The second-order valence-electron chi connectivity index (χ2n) is 4.42. The van der Waals surface area contributed by atoms with Gasteiger partial charge in [0.05, 0.1) is 6.61 Å². The maximum atomic E-state index is 11.8. The predicted octanol–water partition coefficient (Wildman–Crippen LogP) is 1.71. The second-order valence-corrected chi connectivity index (χ2v) is 4.42. The number of benzene rings is 1. The molecule has 21 heavy (non-hydrogen) atoms. The monoisotopic (exact) mass is 291 g/mol. The molecule has 0 aliphatic heterocycles. The quantitative estimate of drug-likeness (QED) is 0.751. The van der Waals surface area contributed by atoms with Gasteiger partial charge >= 0.3 is 6.03 Å². The first kappa shape index (κ1) is 16.7. The number of rotatable bonds is 7. The zero-order chi connectivity index (χ0) is 15.7. The van der Waals surface area contributed by atoms with Crippen molar-refractivity contribution in [2.45, 2.75) is 0 Å². The molecule has 0 aromatic heterocycles. The topological polar surface area (TPSA) is 70.7 Å². The van der Waals surface area contributed by atoms with Crippen molar-refractivity contribution in [1.82, 2.24) is 10.2 Å². The molecule has 0 spiro atoms. The van der Waals surface area contributed by atoms with Gasteiger partial charge in [-0.1, -0.05) is 6.08 Å². The highest BCUT2D eigenvalue weighted by Crippen LogP contribution is 2.10. The van der Waals surface area contributed by atoms with Crippen LogP contribution in [0.5, 0.6) is 0 Å². The van der Waals surface area contributed by atoms with Crippen LogP contribution in [-0.4, -0.2) is 50.7 Å².